The first-order valence-corrected chi connectivity index (χ1v) is 11.7. The van der Waals surface area contributed by atoms with Crippen molar-refractivity contribution in [1.29, 1.82) is 0 Å². The first kappa shape index (κ1) is 23.9. The van der Waals surface area contributed by atoms with Gasteiger partial charge in [0.25, 0.3) is 0 Å². The lowest BCUT2D eigenvalue weighted by atomic mass is 10.2. The van der Waals surface area contributed by atoms with E-state index in [1.54, 1.807) is 42.5 Å². The van der Waals surface area contributed by atoms with Gasteiger partial charge in [0.15, 0.2) is 0 Å². The number of aromatic nitrogens is 2. The molecule has 0 unspecified atom stereocenters. The fourth-order valence-corrected chi connectivity index (χ4v) is 3.89. The lowest BCUT2D eigenvalue weighted by molar-refractivity contribution is -0.136. The number of rotatable bonds is 6. The summed E-state index contributed by atoms with van der Waals surface area (Å²) >= 11 is 4.46. The molecular formula is C24H16BrN5O4S. The number of anilines is 1. The molecule has 0 bridgehead atoms. The van der Waals surface area contributed by atoms with E-state index in [1.807, 2.05) is 36.4 Å². The highest BCUT2D eigenvalue weighted by molar-refractivity contribution is 9.10. The van der Waals surface area contributed by atoms with Crippen LogP contribution in [-0.4, -0.2) is 34.2 Å². The van der Waals surface area contributed by atoms with Crippen LogP contribution in [0.1, 0.15) is 15.9 Å². The molecule has 0 radical (unpaired) electrons. The van der Waals surface area contributed by atoms with Crippen molar-refractivity contribution in [1.82, 2.24) is 15.6 Å². The van der Waals surface area contributed by atoms with Crippen LogP contribution >= 0.6 is 27.3 Å². The van der Waals surface area contributed by atoms with Crippen LogP contribution < -0.4 is 15.5 Å². The molecule has 0 aliphatic rings. The van der Waals surface area contributed by atoms with Crippen molar-refractivity contribution in [3.05, 3.63) is 94.5 Å². The van der Waals surface area contributed by atoms with Crippen molar-refractivity contribution < 1.29 is 19.1 Å². The third-order valence-corrected chi connectivity index (χ3v) is 5.78. The number of esters is 1. The van der Waals surface area contributed by atoms with Gasteiger partial charge in [0, 0.05) is 10.0 Å². The SMILES string of the molecule is O=C(N/N=C\c1ccc(OC(=O)c2cccc(Br)c2)cc1)C(=O)Nc1nnc(-c2ccccc2)s1. The summed E-state index contributed by atoms with van der Waals surface area (Å²) in [6, 6.07) is 22.7. The van der Waals surface area contributed by atoms with Crippen LogP contribution in [0.4, 0.5) is 5.13 Å². The Labute approximate surface area is 212 Å². The van der Waals surface area contributed by atoms with E-state index in [0.717, 1.165) is 21.4 Å². The van der Waals surface area contributed by atoms with Gasteiger partial charge in [0.2, 0.25) is 5.13 Å². The van der Waals surface area contributed by atoms with Crippen LogP contribution in [0.2, 0.25) is 0 Å². The molecule has 174 valence electrons. The first-order valence-electron chi connectivity index (χ1n) is 10.1. The number of carbonyl (C=O) groups excluding carboxylic acids is 3. The first-order chi connectivity index (χ1) is 17.0. The topological polar surface area (TPSA) is 123 Å². The number of amides is 2. The van der Waals surface area contributed by atoms with Crippen LogP contribution in [0.25, 0.3) is 10.6 Å². The molecule has 0 saturated carbocycles. The van der Waals surface area contributed by atoms with Gasteiger partial charge < -0.3 is 4.74 Å². The predicted molar refractivity (Wildman–Crippen MR) is 135 cm³/mol. The maximum atomic E-state index is 12.2. The molecule has 11 heteroatoms. The van der Waals surface area contributed by atoms with E-state index < -0.39 is 17.8 Å². The molecule has 0 atom stereocenters. The third kappa shape index (κ3) is 6.65. The Morgan fingerprint density at radius 1 is 0.914 bits per heavy atom. The second-order valence-electron chi connectivity index (χ2n) is 6.90. The molecule has 1 heterocycles. The number of hydrogen-bond donors (Lipinski definition) is 2. The molecule has 0 aliphatic carbocycles. The number of hydrazone groups is 1. The Morgan fingerprint density at radius 2 is 1.69 bits per heavy atom. The number of nitrogens with zero attached hydrogens (tertiary/aromatic N) is 3. The maximum Gasteiger partial charge on any atom is 0.343 e. The molecule has 4 aromatic rings. The van der Waals surface area contributed by atoms with Crippen molar-refractivity contribution >= 4 is 56.4 Å². The molecular weight excluding hydrogens is 534 g/mol. The van der Waals surface area contributed by atoms with Gasteiger partial charge >= 0.3 is 17.8 Å². The van der Waals surface area contributed by atoms with Gasteiger partial charge in [-0.2, -0.15) is 5.10 Å². The molecule has 2 amide bonds. The van der Waals surface area contributed by atoms with E-state index in [-0.39, 0.29) is 5.13 Å². The minimum Gasteiger partial charge on any atom is -0.423 e. The smallest absolute Gasteiger partial charge is 0.343 e. The molecule has 3 aromatic carbocycles. The normalized spacial score (nSPS) is 10.7. The lowest BCUT2D eigenvalue weighted by Gasteiger charge is -2.05. The average molecular weight is 550 g/mol. The van der Waals surface area contributed by atoms with Crippen LogP contribution in [0.3, 0.4) is 0 Å². The number of ether oxygens (including phenoxy) is 1. The minimum absolute atomic E-state index is 0.195. The zero-order valence-corrected chi connectivity index (χ0v) is 20.2. The molecule has 9 nitrogen and oxygen atoms in total. The highest BCUT2D eigenvalue weighted by Crippen LogP contribution is 2.25. The summed E-state index contributed by atoms with van der Waals surface area (Å²) in [5.74, 6) is -2.02. The van der Waals surface area contributed by atoms with E-state index in [4.69, 9.17) is 4.74 Å². The van der Waals surface area contributed by atoms with Gasteiger partial charge in [-0.05, 0) is 48.0 Å². The number of carbonyl (C=O) groups is 3. The Morgan fingerprint density at radius 3 is 2.43 bits per heavy atom. The molecule has 0 spiro atoms. The van der Waals surface area contributed by atoms with E-state index in [2.05, 4.69) is 42.0 Å². The summed E-state index contributed by atoms with van der Waals surface area (Å²) in [6.07, 6.45) is 1.35. The lowest BCUT2D eigenvalue weighted by Crippen LogP contribution is -2.32. The highest BCUT2D eigenvalue weighted by Gasteiger charge is 2.16. The summed E-state index contributed by atoms with van der Waals surface area (Å²) in [5.41, 5.74) is 4.03. The average Bonchev–Trinajstić information content (AvgIpc) is 3.34. The summed E-state index contributed by atoms with van der Waals surface area (Å²) in [4.78, 5) is 36.3. The maximum absolute atomic E-state index is 12.2. The van der Waals surface area contributed by atoms with Gasteiger partial charge in [-0.15, -0.1) is 10.2 Å². The predicted octanol–water partition coefficient (Wildman–Crippen LogP) is 4.28. The summed E-state index contributed by atoms with van der Waals surface area (Å²) < 4.78 is 6.11. The van der Waals surface area contributed by atoms with Gasteiger partial charge in [0.1, 0.15) is 10.8 Å². The van der Waals surface area contributed by atoms with Crippen LogP contribution in [0, 0.1) is 0 Å². The Hall–Kier alpha value is -4.22. The van der Waals surface area contributed by atoms with Crippen molar-refractivity contribution in [2.45, 2.75) is 0 Å². The van der Waals surface area contributed by atoms with Gasteiger partial charge in [-0.3, -0.25) is 14.9 Å². The highest BCUT2D eigenvalue weighted by atomic mass is 79.9. The Bertz CT molecular complexity index is 1390. The second-order valence-corrected chi connectivity index (χ2v) is 8.79. The summed E-state index contributed by atoms with van der Waals surface area (Å²) in [7, 11) is 0. The minimum atomic E-state index is -0.961. The van der Waals surface area contributed by atoms with E-state index in [1.165, 1.54) is 6.21 Å². The number of hydrogen-bond acceptors (Lipinski definition) is 8. The van der Waals surface area contributed by atoms with Crippen LogP contribution in [0.5, 0.6) is 5.75 Å². The van der Waals surface area contributed by atoms with Crippen molar-refractivity contribution in [2.75, 3.05) is 5.32 Å². The fourth-order valence-electron chi connectivity index (χ4n) is 2.74. The zero-order chi connectivity index (χ0) is 24.6. The van der Waals surface area contributed by atoms with E-state index >= 15 is 0 Å². The molecule has 0 saturated heterocycles. The molecule has 2 N–H and O–H groups in total. The standard InChI is InChI=1S/C24H16BrN5O4S/c25-18-8-4-7-17(13-18)23(33)34-19-11-9-15(10-12-19)14-26-28-21(32)20(31)27-24-30-29-22(35-24)16-5-2-1-3-6-16/h1-14H,(H,28,32)(H,27,30,31)/b26-14-. The van der Waals surface area contributed by atoms with E-state index in [0.29, 0.717) is 21.9 Å². The molecule has 0 aliphatic heterocycles. The Kier molecular flexibility index (Phi) is 7.70. The van der Waals surface area contributed by atoms with E-state index in [9.17, 15) is 14.4 Å². The second kappa shape index (κ2) is 11.3. The molecule has 35 heavy (non-hydrogen) atoms. The van der Waals surface area contributed by atoms with Gasteiger partial charge in [0.05, 0.1) is 11.8 Å². The molecule has 1 aromatic heterocycles. The van der Waals surface area contributed by atoms with Gasteiger partial charge in [-0.1, -0.05) is 63.7 Å². The fraction of sp³-hybridized carbons (Fsp3) is 0. The largest absolute Gasteiger partial charge is 0.423 e. The van der Waals surface area contributed by atoms with Gasteiger partial charge in [-0.25, -0.2) is 10.2 Å². The summed E-state index contributed by atoms with van der Waals surface area (Å²) in [6.45, 7) is 0. The number of benzene rings is 3. The molecule has 0 fully saturated rings. The number of nitrogens with one attached hydrogen (secondary N) is 2. The van der Waals surface area contributed by atoms with Crippen molar-refractivity contribution in [3.63, 3.8) is 0 Å². The zero-order valence-electron chi connectivity index (χ0n) is 17.8. The van der Waals surface area contributed by atoms with Crippen molar-refractivity contribution in [3.8, 4) is 16.3 Å². The quantitative estimate of drug-likeness (QED) is 0.122. The monoisotopic (exact) mass is 549 g/mol. The summed E-state index contributed by atoms with van der Waals surface area (Å²) in [5, 5.41) is 14.9. The van der Waals surface area contributed by atoms with Crippen molar-refractivity contribution in [2.24, 2.45) is 5.10 Å². The Balaban J connectivity index is 1.27. The number of halogens is 1. The van der Waals surface area contributed by atoms with Crippen LogP contribution in [0.15, 0.2) is 88.4 Å². The van der Waals surface area contributed by atoms with Crippen LogP contribution in [-0.2, 0) is 9.59 Å². The molecule has 4 rings (SSSR count). The third-order valence-electron chi connectivity index (χ3n) is 4.40.